The molecule has 180 valence electrons. The van der Waals surface area contributed by atoms with Crippen molar-refractivity contribution < 1.29 is 35.4 Å². The van der Waals surface area contributed by atoms with Crippen LogP contribution in [-0.2, 0) is 25.7 Å². The topological polar surface area (TPSA) is 131 Å². The number of phenols is 6. The summed E-state index contributed by atoms with van der Waals surface area (Å²) in [4.78, 5) is 0. The highest BCUT2D eigenvalue weighted by Gasteiger charge is 2.14. The van der Waals surface area contributed by atoms with Gasteiger partial charge in [0.05, 0.1) is 0 Å². The molecular formula is C28H26O7. The van der Waals surface area contributed by atoms with Crippen LogP contribution in [0.4, 0.5) is 0 Å². The summed E-state index contributed by atoms with van der Waals surface area (Å²) in [6.07, 6.45) is 2.08. The minimum Gasteiger partial charge on any atom is -0.508 e. The van der Waals surface area contributed by atoms with E-state index in [2.05, 4.69) is 0 Å². The maximum absolute atomic E-state index is 10.3. The molecule has 0 radical (unpaired) electrons. The second-order valence-electron chi connectivity index (χ2n) is 8.38. The second-order valence-corrected chi connectivity index (χ2v) is 8.38. The molecule has 0 aliphatic carbocycles. The summed E-state index contributed by atoms with van der Waals surface area (Å²) in [7, 11) is 0. The van der Waals surface area contributed by atoms with Gasteiger partial charge in [-0.05, 0) is 90.4 Å². The van der Waals surface area contributed by atoms with E-state index in [9.17, 15) is 30.6 Å². The minimum absolute atomic E-state index is 0.0163. The molecule has 7 heteroatoms. The van der Waals surface area contributed by atoms with Crippen molar-refractivity contribution in [1.29, 1.82) is 0 Å². The number of rotatable bonds is 8. The highest BCUT2D eigenvalue weighted by Crippen LogP contribution is 2.40. The lowest BCUT2D eigenvalue weighted by molar-refractivity contribution is 0.380. The Morgan fingerprint density at radius 1 is 0.457 bits per heavy atom. The Labute approximate surface area is 202 Å². The number of phenolic OH excluding ortho intramolecular Hbond substituents is 6. The molecule has 4 aromatic carbocycles. The molecule has 0 amide bonds. The van der Waals surface area contributed by atoms with Crippen LogP contribution in [0, 0.1) is 0 Å². The smallest absolute Gasteiger partial charge is 0.169 e. The van der Waals surface area contributed by atoms with E-state index in [1.165, 1.54) is 24.3 Å². The van der Waals surface area contributed by atoms with E-state index in [0.29, 0.717) is 31.2 Å². The predicted octanol–water partition coefficient (Wildman–Crippen LogP) is 5.28. The zero-order valence-corrected chi connectivity index (χ0v) is 18.8. The van der Waals surface area contributed by atoms with Gasteiger partial charge in [0.15, 0.2) is 23.0 Å². The molecule has 4 rings (SSSR count). The van der Waals surface area contributed by atoms with Crippen molar-refractivity contribution in [2.24, 2.45) is 0 Å². The van der Waals surface area contributed by atoms with Crippen LogP contribution in [0.2, 0.25) is 0 Å². The van der Waals surface area contributed by atoms with Crippen LogP contribution >= 0.6 is 0 Å². The first-order valence-corrected chi connectivity index (χ1v) is 11.1. The number of hydrogen-bond acceptors (Lipinski definition) is 7. The molecule has 0 spiro atoms. The number of hydrogen-bond donors (Lipinski definition) is 6. The number of benzene rings is 4. The van der Waals surface area contributed by atoms with Crippen LogP contribution in [0.25, 0.3) is 0 Å². The standard InChI is InChI=1S/C28H26O7/c29-21-3-1-2-17(10-21)6-8-20-14-28(26(34)16-25(20)33)35-27-13-18(7-9-24(27)32)4-5-19-11-22(30)15-23(31)12-19/h1-3,7,9-16,29-34H,4-6,8H2. The average Bonchev–Trinajstić information content (AvgIpc) is 2.80. The SMILES string of the molecule is Oc1cc(O)cc(CCc2ccc(O)c(Oc3cc(CCc4cccc(O)c4)c(O)cc3O)c2)c1. The summed E-state index contributed by atoms with van der Waals surface area (Å²) < 4.78 is 5.81. The lowest BCUT2D eigenvalue weighted by Gasteiger charge is -2.14. The first-order chi connectivity index (χ1) is 16.8. The third-order valence-electron chi connectivity index (χ3n) is 5.66. The van der Waals surface area contributed by atoms with E-state index in [1.54, 1.807) is 42.5 Å². The van der Waals surface area contributed by atoms with Gasteiger partial charge in [0, 0.05) is 12.1 Å². The molecule has 0 atom stereocenters. The zero-order chi connectivity index (χ0) is 24.9. The first kappa shape index (κ1) is 23.6. The number of ether oxygens (including phenoxy) is 1. The Kier molecular flexibility index (Phi) is 6.87. The van der Waals surface area contributed by atoms with Crippen LogP contribution in [0.1, 0.15) is 22.3 Å². The predicted molar refractivity (Wildman–Crippen MR) is 131 cm³/mol. The molecule has 0 fully saturated rings. The normalized spacial score (nSPS) is 10.9. The van der Waals surface area contributed by atoms with Gasteiger partial charge in [0.2, 0.25) is 0 Å². The van der Waals surface area contributed by atoms with Crippen molar-refractivity contribution in [3.05, 3.63) is 95.1 Å². The van der Waals surface area contributed by atoms with Crippen molar-refractivity contribution in [2.45, 2.75) is 25.7 Å². The summed E-state index contributed by atoms with van der Waals surface area (Å²) in [5.41, 5.74) is 3.03. The Balaban J connectivity index is 1.50. The Hall–Kier alpha value is -4.52. The maximum atomic E-state index is 10.3. The Bertz CT molecular complexity index is 1330. The fraction of sp³-hybridized carbons (Fsp3) is 0.143. The quantitative estimate of drug-likeness (QED) is 0.205. The molecule has 0 bridgehead atoms. The van der Waals surface area contributed by atoms with Gasteiger partial charge < -0.3 is 35.4 Å². The summed E-state index contributed by atoms with van der Waals surface area (Å²) in [5, 5.41) is 59.8. The van der Waals surface area contributed by atoms with Gasteiger partial charge in [-0.1, -0.05) is 18.2 Å². The van der Waals surface area contributed by atoms with E-state index in [0.717, 1.165) is 16.7 Å². The van der Waals surface area contributed by atoms with Crippen LogP contribution in [0.5, 0.6) is 46.0 Å². The zero-order valence-electron chi connectivity index (χ0n) is 18.8. The molecule has 0 aliphatic heterocycles. The minimum atomic E-state index is -0.274. The molecule has 0 unspecified atom stereocenters. The lowest BCUT2D eigenvalue weighted by Crippen LogP contribution is -1.95. The fourth-order valence-electron chi connectivity index (χ4n) is 3.88. The highest BCUT2D eigenvalue weighted by atomic mass is 16.5. The van der Waals surface area contributed by atoms with Gasteiger partial charge >= 0.3 is 0 Å². The van der Waals surface area contributed by atoms with Crippen molar-refractivity contribution >= 4 is 0 Å². The molecule has 0 saturated carbocycles. The molecule has 6 N–H and O–H groups in total. The first-order valence-electron chi connectivity index (χ1n) is 11.1. The van der Waals surface area contributed by atoms with Crippen LogP contribution in [0.15, 0.2) is 72.8 Å². The number of aromatic hydroxyl groups is 6. The number of aryl methyl sites for hydroxylation is 4. The van der Waals surface area contributed by atoms with Crippen molar-refractivity contribution in [3.8, 4) is 46.0 Å². The van der Waals surface area contributed by atoms with Gasteiger partial charge in [-0.2, -0.15) is 0 Å². The lowest BCUT2D eigenvalue weighted by atomic mass is 10.0. The van der Waals surface area contributed by atoms with Gasteiger partial charge in [0.25, 0.3) is 0 Å². The Morgan fingerprint density at radius 3 is 1.83 bits per heavy atom. The van der Waals surface area contributed by atoms with Crippen molar-refractivity contribution in [1.82, 2.24) is 0 Å². The Morgan fingerprint density at radius 2 is 1.09 bits per heavy atom. The highest BCUT2D eigenvalue weighted by molar-refractivity contribution is 5.53. The summed E-state index contributed by atoms with van der Waals surface area (Å²) >= 11 is 0. The van der Waals surface area contributed by atoms with E-state index in [4.69, 9.17) is 4.74 Å². The monoisotopic (exact) mass is 474 g/mol. The van der Waals surface area contributed by atoms with Gasteiger partial charge in [-0.15, -0.1) is 0 Å². The molecule has 35 heavy (non-hydrogen) atoms. The van der Waals surface area contributed by atoms with Crippen LogP contribution < -0.4 is 4.74 Å². The third-order valence-corrected chi connectivity index (χ3v) is 5.66. The maximum Gasteiger partial charge on any atom is 0.169 e. The third kappa shape index (κ3) is 6.09. The molecule has 4 aromatic rings. The average molecular weight is 475 g/mol. The van der Waals surface area contributed by atoms with E-state index in [1.807, 2.05) is 6.07 Å². The van der Waals surface area contributed by atoms with Gasteiger partial charge in [-0.3, -0.25) is 0 Å². The fourth-order valence-corrected chi connectivity index (χ4v) is 3.88. The summed E-state index contributed by atoms with van der Waals surface area (Å²) in [5.74, 6) is -0.115. The molecule has 0 aromatic heterocycles. The molecule has 7 nitrogen and oxygen atoms in total. The molecule has 0 aliphatic rings. The van der Waals surface area contributed by atoms with E-state index >= 15 is 0 Å². The largest absolute Gasteiger partial charge is 0.508 e. The van der Waals surface area contributed by atoms with Gasteiger partial charge in [-0.25, -0.2) is 0 Å². The molecule has 0 saturated heterocycles. The molecule has 0 heterocycles. The van der Waals surface area contributed by atoms with Crippen molar-refractivity contribution in [2.75, 3.05) is 0 Å². The van der Waals surface area contributed by atoms with Crippen molar-refractivity contribution in [3.63, 3.8) is 0 Å². The molecular weight excluding hydrogens is 448 g/mol. The van der Waals surface area contributed by atoms with Crippen LogP contribution in [0.3, 0.4) is 0 Å². The summed E-state index contributed by atoms with van der Waals surface area (Å²) in [6.45, 7) is 0. The summed E-state index contributed by atoms with van der Waals surface area (Å²) in [6, 6.07) is 18.9. The van der Waals surface area contributed by atoms with Crippen LogP contribution in [-0.4, -0.2) is 30.6 Å². The van der Waals surface area contributed by atoms with E-state index in [-0.39, 0.29) is 46.0 Å². The second kappa shape index (κ2) is 10.2. The van der Waals surface area contributed by atoms with Gasteiger partial charge in [0.1, 0.15) is 23.0 Å². The van der Waals surface area contributed by atoms with E-state index < -0.39 is 0 Å².